The van der Waals surface area contributed by atoms with Crippen molar-refractivity contribution in [1.29, 1.82) is 0 Å². The zero-order chi connectivity index (χ0) is 11.5. The van der Waals surface area contributed by atoms with E-state index in [9.17, 15) is 0 Å². The minimum Gasteiger partial charge on any atom is -0.464 e. The van der Waals surface area contributed by atoms with E-state index in [1.165, 1.54) is 0 Å². The van der Waals surface area contributed by atoms with Crippen LogP contribution < -0.4 is 5.32 Å². The average Bonchev–Trinajstić information content (AvgIpc) is 2.60. The Kier molecular flexibility index (Phi) is 3.52. The molecule has 0 saturated carbocycles. The molecule has 0 radical (unpaired) electrons. The van der Waals surface area contributed by atoms with Crippen LogP contribution in [0.25, 0.3) is 11.0 Å². The molecule has 86 valence electrons. The van der Waals surface area contributed by atoms with E-state index in [1.807, 2.05) is 18.2 Å². The Morgan fingerprint density at radius 3 is 2.94 bits per heavy atom. The molecule has 0 bridgehead atoms. The minimum atomic E-state index is 0.654. The molecule has 0 aliphatic carbocycles. The summed E-state index contributed by atoms with van der Waals surface area (Å²) >= 11 is 5.97. The molecule has 0 aliphatic rings. The molecule has 0 spiro atoms. The van der Waals surface area contributed by atoms with Crippen LogP contribution in [-0.2, 0) is 6.54 Å². The van der Waals surface area contributed by atoms with Gasteiger partial charge in [0.1, 0.15) is 5.58 Å². The lowest BCUT2D eigenvalue weighted by Crippen LogP contribution is -2.18. The molecule has 16 heavy (non-hydrogen) atoms. The summed E-state index contributed by atoms with van der Waals surface area (Å²) in [5, 5.41) is 5.25. The topological polar surface area (TPSA) is 25.2 Å². The number of benzene rings is 1. The molecule has 1 aromatic carbocycles. The fraction of sp³-hybridized carbons (Fsp3) is 0.385. The van der Waals surface area contributed by atoms with Gasteiger partial charge in [0.25, 0.3) is 0 Å². The molecule has 0 amide bonds. The molecule has 2 aromatic rings. The van der Waals surface area contributed by atoms with Gasteiger partial charge in [0.15, 0.2) is 0 Å². The van der Waals surface area contributed by atoms with E-state index in [-0.39, 0.29) is 0 Å². The van der Waals surface area contributed by atoms with Crippen LogP contribution in [0.2, 0.25) is 5.02 Å². The maximum atomic E-state index is 5.97. The van der Waals surface area contributed by atoms with Crippen molar-refractivity contribution in [2.24, 2.45) is 5.92 Å². The Labute approximate surface area is 101 Å². The molecule has 3 heteroatoms. The van der Waals surface area contributed by atoms with Gasteiger partial charge in [-0.3, -0.25) is 0 Å². The van der Waals surface area contributed by atoms with Gasteiger partial charge in [-0.15, -0.1) is 0 Å². The first kappa shape index (κ1) is 11.5. The van der Waals surface area contributed by atoms with Gasteiger partial charge < -0.3 is 9.73 Å². The van der Waals surface area contributed by atoms with Crippen molar-refractivity contribution in [3.63, 3.8) is 0 Å². The summed E-state index contributed by atoms with van der Waals surface area (Å²) in [5.74, 6) is 0.654. The number of rotatable bonds is 4. The van der Waals surface area contributed by atoms with Crippen molar-refractivity contribution in [2.75, 3.05) is 6.54 Å². The second-order valence-corrected chi connectivity index (χ2v) is 4.86. The molecular weight excluding hydrogens is 222 g/mol. The molecular formula is C13H16ClNO. The third kappa shape index (κ3) is 2.57. The zero-order valence-electron chi connectivity index (χ0n) is 9.59. The highest BCUT2D eigenvalue weighted by Crippen LogP contribution is 2.24. The van der Waals surface area contributed by atoms with Gasteiger partial charge in [0.2, 0.25) is 0 Å². The smallest absolute Gasteiger partial charge is 0.134 e. The van der Waals surface area contributed by atoms with Crippen LogP contribution in [0.15, 0.2) is 28.9 Å². The van der Waals surface area contributed by atoms with Crippen LogP contribution in [0.1, 0.15) is 19.4 Å². The highest BCUT2D eigenvalue weighted by molar-refractivity contribution is 6.31. The number of fused-ring (bicyclic) bond motifs is 1. The number of furan rings is 1. The molecule has 0 unspecified atom stereocenters. The molecule has 2 rings (SSSR count). The predicted molar refractivity (Wildman–Crippen MR) is 67.8 cm³/mol. The van der Waals surface area contributed by atoms with Crippen LogP contribution in [0.3, 0.4) is 0 Å². The predicted octanol–water partition coefficient (Wildman–Crippen LogP) is 3.83. The third-order valence-electron chi connectivity index (χ3n) is 2.48. The summed E-state index contributed by atoms with van der Waals surface area (Å²) in [7, 11) is 0. The molecule has 0 aliphatic heterocycles. The summed E-state index contributed by atoms with van der Waals surface area (Å²) in [6.07, 6.45) is 1.80. The summed E-state index contributed by atoms with van der Waals surface area (Å²) in [5.41, 5.74) is 2.06. The Morgan fingerprint density at radius 2 is 2.19 bits per heavy atom. The fourth-order valence-corrected chi connectivity index (χ4v) is 1.86. The summed E-state index contributed by atoms with van der Waals surface area (Å²) in [4.78, 5) is 0. The normalized spacial score (nSPS) is 11.5. The molecule has 1 aromatic heterocycles. The van der Waals surface area contributed by atoms with E-state index in [0.29, 0.717) is 5.92 Å². The lowest BCUT2D eigenvalue weighted by atomic mass is 10.1. The minimum absolute atomic E-state index is 0.654. The van der Waals surface area contributed by atoms with Gasteiger partial charge in [-0.25, -0.2) is 0 Å². The second kappa shape index (κ2) is 4.89. The molecule has 2 nitrogen and oxygen atoms in total. The van der Waals surface area contributed by atoms with Crippen molar-refractivity contribution >= 4 is 22.6 Å². The zero-order valence-corrected chi connectivity index (χ0v) is 10.3. The Bertz CT molecular complexity index is 476. The first-order chi connectivity index (χ1) is 7.66. The number of hydrogen-bond donors (Lipinski definition) is 1. The molecule has 1 N–H and O–H groups in total. The van der Waals surface area contributed by atoms with Gasteiger partial charge in [-0.2, -0.15) is 0 Å². The number of hydrogen-bond acceptors (Lipinski definition) is 2. The first-order valence-corrected chi connectivity index (χ1v) is 5.91. The van der Waals surface area contributed by atoms with Crippen molar-refractivity contribution in [2.45, 2.75) is 20.4 Å². The van der Waals surface area contributed by atoms with Gasteiger partial charge in [-0.1, -0.05) is 25.4 Å². The van der Waals surface area contributed by atoms with Crippen LogP contribution in [0.5, 0.6) is 0 Å². The van der Waals surface area contributed by atoms with Crippen LogP contribution in [0, 0.1) is 5.92 Å². The largest absolute Gasteiger partial charge is 0.464 e. The SMILES string of the molecule is CC(C)CNCc1coc2ccc(Cl)cc12. The van der Waals surface area contributed by atoms with Gasteiger partial charge >= 0.3 is 0 Å². The van der Waals surface area contributed by atoms with Crippen LogP contribution >= 0.6 is 11.6 Å². The van der Waals surface area contributed by atoms with E-state index in [4.69, 9.17) is 16.0 Å². The quantitative estimate of drug-likeness (QED) is 0.874. The molecule has 0 atom stereocenters. The van der Waals surface area contributed by atoms with E-state index >= 15 is 0 Å². The average molecular weight is 238 g/mol. The third-order valence-corrected chi connectivity index (χ3v) is 2.72. The maximum Gasteiger partial charge on any atom is 0.134 e. The monoisotopic (exact) mass is 237 g/mol. The summed E-state index contributed by atoms with van der Waals surface area (Å²) < 4.78 is 5.46. The Hall–Kier alpha value is -0.990. The van der Waals surface area contributed by atoms with Crippen molar-refractivity contribution in [3.05, 3.63) is 35.0 Å². The lowest BCUT2D eigenvalue weighted by molar-refractivity contribution is 0.547. The Morgan fingerprint density at radius 1 is 1.38 bits per heavy atom. The first-order valence-electron chi connectivity index (χ1n) is 5.53. The molecule has 0 fully saturated rings. The van der Waals surface area contributed by atoms with E-state index < -0.39 is 0 Å². The van der Waals surface area contributed by atoms with Crippen molar-refractivity contribution in [1.82, 2.24) is 5.32 Å². The van der Waals surface area contributed by atoms with E-state index in [2.05, 4.69) is 19.2 Å². The van der Waals surface area contributed by atoms with Gasteiger partial charge in [-0.05, 0) is 30.7 Å². The highest BCUT2D eigenvalue weighted by Gasteiger charge is 2.06. The fourth-order valence-electron chi connectivity index (χ4n) is 1.69. The highest BCUT2D eigenvalue weighted by atomic mass is 35.5. The standard InChI is InChI=1S/C13H16ClNO/c1-9(2)6-15-7-10-8-16-13-4-3-11(14)5-12(10)13/h3-5,8-9,15H,6-7H2,1-2H3. The summed E-state index contributed by atoms with van der Waals surface area (Å²) in [6.45, 7) is 6.22. The maximum absolute atomic E-state index is 5.97. The van der Waals surface area contributed by atoms with Crippen molar-refractivity contribution < 1.29 is 4.42 Å². The van der Waals surface area contributed by atoms with Gasteiger partial charge in [0, 0.05) is 22.5 Å². The van der Waals surface area contributed by atoms with Gasteiger partial charge in [0.05, 0.1) is 6.26 Å². The second-order valence-electron chi connectivity index (χ2n) is 4.43. The number of nitrogens with one attached hydrogen (secondary N) is 1. The molecule has 0 saturated heterocycles. The molecule has 1 heterocycles. The van der Waals surface area contributed by atoms with Crippen molar-refractivity contribution in [3.8, 4) is 0 Å². The Balaban J connectivity index is 2.15. The van der Waals surface area contributed by atoms with E-state index in [0.717, 1.165) is 34.6 Å². The van der Waals surface area contributed by atoms with E-state index in [1.54, 1.807) is 6.26 Å². The summed E-state index contributed by atoms with van der Waals surface area (Å²) in [6, 6.07) is 5.70. The van der Waals surface area contributed by atoms with Crippen LogP contribution in [0.4, 0.5) is 0 Å². The lowest BCUT2D eigenvalue weighted by Gasteiger charge is -2.05. The van der Waals surface area contributed by atoms with Crippen LogP contribution in [-0.4, -0.2) is 6.54 Å². The number of halogens is 1.